The molecule has 2 aromatic rings. The number of anilines is 2. The van der Waals surface area contributed by atoms with Gasteiger partial charge in [-0.2, -0.15) is 5.10 Å². The number of carbonyl (C=O) groups excluding carboxylic acids is 2. The summed E-state index contributed by atoms with van der Waals surface area (Å²) in [5.41, 5.74) is 7.33. The summed E-state index contributed by atoms with van der Waals surface area (Å²) in [5.74, 6) is 0.448. The van der Waals surface area contributed by atoms with Crippen molar-refractivity contribution < 1.29 is 9.59 Å². The molecule has 1 saturated heterocycles. The van der Waals surface area contributed by atoms with Crippen molar-refractivity contribution in [1.29, 1.82) is 0 Å². The van der Waals surface area contributed by atoms with Gasteiger partial charge in [0.1, 0.15) is 11.8 Å². The van der Waals surface area contributed by atoms with Crippen LogP contribution in [0.4, 0.5) is 11.5 Å². The lowest BCUT2D eigenvalue weighted by Crippen LogP contribution is -2.48. The van der Waals surface area contributed by atoms with Crippen LogP contribution < -0.4 is 11.1 Å². The number of nitrogens with one attached hydrogen (secondary N) is 1. The SMILES string of the molecule is CC1CC(N2CCC2)CCC1n1cc(C(N)=O)c(Nc2ccc(C=O)cc2)n1. The molecule has 0 bridgehead atoms. The smallest absolute Gasteiger partial charge is 0.254 e. The van der Waals surface area contributed by atoms with Crippen LogP contribution in [0.15, 0.2) is 30.5 Å². The summed E-state index contributed by atoms with van der Waals surface area (Å²) < 4.78 is 1.92. The number of primary amides is 1. The fourth-order valence-electron chi connectivity index (χ4n) is 4.40. The average molecular weight is 381 g/mol. The Morgan fingerprint density at radius 3 is 2.57 bits per heavy atom. The fourth-order valence-corrected chi connectivity index (χ4v) is 4.40. The summed E-state index contributed by atoms with van der Waals surface area (Å²) in [6.07, 6.45) is 7.26. The fraction of sp³-hybridized carbons (Fsp3) is 0.476. The number of likely N-dealkylation sites (tertiary alicyclic amines) is 1. The summed E-state index contributed by atoms with van der Waals surface area (Å²) >= 11 is 0. The molecule has 1 amide bonds. The maximum atomic E-state index is 12.0. The van der Waals surface area contributed by atoms with E-state index in [1.54, 1.807) is 30.5 Å². The molecule has 28 heavy (non-hydrogen) atoms. The molecule has 0 radical (unpaired) electrons. The zero-order chi connectivity index (χ0) is 19.7. The maximum absolute atomic E-state index is 12.0. The lowest BCUT2D eigenvalue weighted by atomic mass is 9.81. The second-order valence-corrected chi connectivity index (χ2v) is 8.00. The van der Waals surface area contributed by atoms with E-state index in [4.69, 9.17) is 5.73 Å². The number of aldehydes is 1. The largest absolute Gasteiger partial charge is 0.365 e. The summed E-state index contributed by atoms with van der Waals surface area (Å²) in [7, 11) is 0. The van der Waals surface area contributed by atoms with Crippen LogP contribution in [0.25, 0.3) is 0 Å². The molecule has 3 unspecified atom stereocenters. The molecular formula is C21H27N5O2. The van der Waals surface area contributed by atoms with E-state index in [0.717, 1.165) is 31.2 Å². The predicted octanol–water partition coefficient (Wildman–Crippen LogP) is 2.97. The monoisotopic (exact) mass is 381 g/mol. The topological polar surface area (TPSA) is 93.2 Å². The van der Waals surface area contributed by atoms with Gasteiger partial charge >= 0.3 is 0 Å². The predicted molar refractivity (Wildman–Crippen MR) is 108 cm³/mol. The van der Waals surface area contributed by atoms with E-state index in [0.29, 0.717) is 28.9 Å². The summed E-state index contributed by atoms with van der Waals surface area (Å²) in [4.78, 5) is 25.4. The first-order valence-corrected chi connectivity index (χ1v) is 10.0. The second kappa shape index (κ2) is 7.75. The first-order valence-electron chi connectivity index (χ1n) is 10.0. The van der Waals surface area contributed by atoms with E-state index in [-0.39, 0.29) is 6.04 Å². The zero-order valence-corrected chi connectivity index (χ0v) is 16.2. The molecular weight excluding hydrogens is 354 g/mol. The number of aromatic nitrogens is 2. The summed E-state index contributed by atoms with van der Waals surface area (Å²) in [5, 5.41) is 7.84. The van der Waals surface area contributed by atoms with Crippen molar-refractivity contribution in [3.63, 3.8) is 0 Å². The van der Waals surface area contributed by atoms with Gasteiger partial charge in [0.05, 0.1) is 6.04 Å². The maximum Gasteiger partial charge on any atom is 0.254 e. The highest BCUT2D eigenvalue weighted by Crippen LogP contribution is 2.37. The molecule has 7 nitrogen and oxygen atoms in total. The lowest BCUT2D eigenvalue weighted by molar-refractivity contribution is 0.0572. The number of rotatable bonds is 6. The number of amides is 1. The summed E-state index contributed by atoms with van der Waals surface area (Å²) in [6.45, 7) is 4.73. The number of hydrogen-bond donors (Lipinski definition) is 2. The number of hydrogen-bond acceptors (Lipinski definition) is 5. The van der Waals surface area contributed by atoms with Gasteiger partial charge in [-0.15, -0.1) is 0 Å². The normalized spacial score (nSPS) is 25.1. The minimum absolute atomic E-state index is 0.267. The first kappa shape index (κ1) is 18.7. The van der Waals surface area contributed by atoms with Gasteiger partial charge in [0, 0.05) is 23.5 Å². The Bertz CT molecular complexity index is 856. The quantitative estimate of drug-likeness (QED) is 0.751. The Balaban J connectivity index is 1.52. The van der Waals surface area contributed by atoms with Gasteiger partial charge < -0.3 is 16.0 Å². The second-order valence-electron chi connectivity index (χ2n) is 8.00. The van der Waals surface area contributed by atoms with Gasteiger partial charge in [0.15, 0.2) is 5.82 Å². The number of carbonyl (C=O) groups is 2. The van der Waals surface area contributed by atoms with Crippen LogP contribution in [0.1, 0.15) is 59.4 Å². The highest BCUT2D eigenvalue weighted by molar-refractivity contribution is 5.98. The van der Waals surface area contributed by atoms with Crippen LogP contribution in [0.5, 0.6) is 0 Å². The van der Waals surface area contributed by atoms with Crippen molar-refractivity contribution >= 4 is 23.7 Å². The molecule has 2 aliphatic rings. The molecule has 1 aliphatic carbocycles. The molecule has 1 saturated carbocycles. The van der Waals surface area contributed by atoms with Crippen molar-refractivity contribution in [2.45, 2.75) is 44.7 Å². The van der Waals surface area contributed by atoms with Crippen molar-refractivity contribution in [2.24, 2.45) is 11.7 Å². The molecule has 1 aromatic carbocycles. The van der Waals surface area contributed by atoms with Gasteiger partial charge in [-0.05, 0) is 69.0 Å². The first-order chi connectivity index (χ1) is 13.5. The molecule has 1 aliphatic heterocycles. The van der Waals surface area contributed by atoms with Gasteiger partial charge in [-0.1, -0.05) is 6.92 Å². The van der Waals surface area contributed by atoms with Crippen molar-refractivity contribution in [1.82, 2.24) is 14.7 Å². The Hall–Kier alpha value is -2.67. The zero-order valence-electron chi connectivity index (χ0n) is 16.2. The molecule has 3 atom stereocenters. The number of nitrogens with two attached hydrogens (primary N) is 1. The van der Waals surface area contributed by atoms with Gasteiger partial charge in [0.2, 0.25) is 0 Å². The lowest BCUT2D eigenvalue weighted by Gasteiger charge is -2.44. The van der Waals surface area contributed by atoms with Crippen LogP contribution >= 0.6 is 0 Å². The Kier molecular flexibility index (Phi) is 5.17. The molecule has 1 aromatic heterocycles. The highest BCUT2D eigenvalue weighted by atomic mass is 16.1. The van der Waals surface area contributed by atoms with E-state index in [2.05, 4.69) is 22.2 Å². The Morgan fingerprint density at radius 2 is 2.00 bits per heavy atom. The molecule has 7 heteroatoms. The number of nitrogens with zero attached hydrogens (tertiary/aromatic N) is 3. The van der Waals surface area contributed by atoms with E-state index in [9.17, 15) is 9.59 Å². The van der Waals surface area contributed by atoms with Crippen molar-refractivity contribution in [2.75, 3.05) is 18.4 Å². The van der Waals surface area contributed by atoms with Gasteiger partial charge in [-0.3, -0.25) is 14.3 Å². The van der Waals surface area contributed by atoms with Gasteiger partial charge in [0.25, 0.3) is 5.91 Å². The van der Waals surface area contributed by atoms with Gasteiger partial charge in [-0.25, -0.2) is 0 Å². The minimum Gasteiger partial charge on any atom is -0.365 e. The molecule has 3 N–H and O–H groups in total. The van der Waals surface area contributed by atoms with Crippen LogP contribution in [-0.2, 0) is 0 Å². The standard InChI is InChI=1S/C21H27N5O2/c1-14-11-17(25-9-2-10-25)7-8-19(14)26-12-18(20(22)28)21(24-26)23-16-5-3-15(13-27)4-6-16/h3-6,12-14,17,19H,2,7-11H2,1H3,(H2,22,28)(H,23,24). The Morgan fingerprint density at radius 1 is 1.25 bits per heavy atom. The van der Waals surface area contributed by atoms with Crippen molar-refractivity contribution in [3.8, 4) is 0 Å². The third-order valence-corrected chi connectivity index (χ3v) is 6.15. The van der Waals surface area contributed by atoms with Crippen LogP contribution in [0.3, 0.4) is 0 Å². The van der Waals surface area contributed by atoms with E-state index >= 15 is 0 Å². The highest BCUT2D eigenvalue weighted by Gasteiger charge is 2.34. The molecule has 148 valence electrons. The molecule has 2 heterocycles. The average Bonchev–Trinajstić information content (AvgIpc) is 3.05. The number of benzene rings is 1. The molecule has 2 fully saturated rings. The third kappa shape index (κ3) is 3.67. The molecule has 4 rings (SSSR count). The third-order valence-electron chi connectivity index (χ3n) is 6.15. The van der Waals surface area contributed by atoms with Crippen molar-refractivity contribution in [3.05, 3.63) is 41.6 Å². The Labute approximate surface area is 164 Å². The summed E-state index contributed by atoms with van der Waals surface area (Å²) in [6, 6.07) is 7.96. The van der Waals surface area contributed by atoms with E-state index in [1.807, 2.05) is 4.68 Å². The van der Waals surface area contributed by atoms with E-state index < -0.39 is 5.91 Å². The van der Waals surface area contributed by atoms with E-state index in [1.165, 1.54) is 19.5 Å². The molecule has 0 spiro atoms. The van der Waals surface area contributed by atoms with Crippen LogP contribution in [0.2, 0.25) is 0 Å². The minimum atomic E-state index is -0.500. The van der Waals surface area contributed by atoms with Crippen LogP contribution in [0, 0.1) is 5.92 Å². The van der Waals surface area contributed by atoms with Crippen LogP contribution in [-0.4, -0.2) is 46.0 Å².